The minimum absolute atomic E-state index is 0.0143. The van der Waals surface area contributed by atoms with E-state index in [0.29, 0.717) is 5.69 Å². The monoisotopic (exact) mass is 406 g/mol. The van der Waals surface area contributed by atoms with Crippen LogP contribution in [0.3, 0.4) is 0 Å². The lowest BCUT2D eigenvalue weighted by atomic mass is 9.92. The Balaban J connectivity index is 1.79. The van der Waals surface area contributed by atoms with Crippen molar-refractivity contribution in [1.29, 1.82) is 0 Å². The van der Waals surface area contributed by atoms with E-state index in [1.54, 1.807) is 18.3 Å². The summed E-state index contributed by atoms with van der Waals surface area (Å²) in [6.45, 7) is 4.77. The molecule has 0 amide bonds. The maximum Gasteiger partial charge on any atom is 0.250 e. The number of aromatic nitrogens is 3. The first-order chi connectivity index (χ1) is 14.5. The molecule has 0 bridgehead atoms. The van der Waals surface area contributed by atoms with Crippen molar-refractivity contribution in [3.05, 3.63) is 65.2 Å². The lowest BCUT2D eigenvalue weighted by Crippen LogP contribution is -2.23. The Morgan fingerprint density at radius 3 is 2.67 bits per heavy atom. The number of nitrogens with one attached hydrogen (secondary N) is 1. The Bertz CT molecular complexity index is 1280. The summed E-state index contributed by atoms with van der Waals surface area (Å²) in [6, 6.07) is 10.5. The van der Waals surface area contributed by atoms with Gasteiger partial charge in [-0.15, -0.1) is 0 Å². The van der Waals surface area contributed by atoms with E-state index in [1.165, 1.54) is 12.1 Å². The molecule has 5 nitrogen and oxygen atoms in total. The Labute approximate surface area is 173 Å². The largest absolute Gasteiger partial charge is 0.357 e. The van der Waals surface area contributed by atoms with Gasteiger partial charge in [-0.1, -0.05) is 26.0 Å². The van der Waals surface area contributed by atoms with Gasteiger partial charge in [-0.05, 0) is 49.1 Å². The summed E-state index contributed by atoms with van der Waals surface area (Å²) in [7, 11) is 0. The number of nitrogens with zero attached hydrogens (tertiary/aromatic N) is 2. The number of fused-ring (bicyclic) bond motifs is 2. The molecule has 1 atom stereocenters. The highest BCUT2D eigenvalue weighted by molar-refractivity contribution is 6.04. The highest BCUT2D eigenvalue weighted by atomic mass is 19.1. The summed E-state index contributed by atoms with van der Waals surface area (Å²) in [5, 5.41) is 6.23. The van der Waals surface area contributed by atoms with Gasteiger partial charge in [0.15, 0.2) is 0 Å². The van der Waals surface area contributed by atoms with E-state index < -0.39 is 0 Å². The number of rotatable bonds is 3. The van der Waals surface area contributed by atoms with Gasteiger partial charge in [0.2, 0.25) is 6.20 Å². The fraction of sp³-hybridized carbons (Fsp3) is 0.333. The molecule has 0 radical (unpaired) electrons. The van der Waals surface area contributed by atoms with Crippen LogP contribution in [0.5, 0.6) is 0 Å². The molecule has 1 aliphatic heterocycles. The molecule has 1 saturated heterocycles. The first-order valence-electron chi connectivity index (χ1n) is 10.5. The number of H-pyrrole nitrogens is 1. The van der Waals surface area contributed by atoms with Gasteiger partial charge < -0.3 is 9.84 Å². The third kappa shape index (κ3) is 3.12. The molecule has 0 saturated carbocycles. The summed E-state index contributed by atoms with van der Waals surface area (Å²) < 4.78 is 22.5. The summed E-state index contributed by atoms with van der Waals surface area (Å²) in [6.07, 6.45) is 6.81. The number of aromatic amines is 1. The van der Waals surface area contributed by atoms with Gasteiger partial charge in [0, 0.05) is 34.4 Å². The fourth-order valence-corrected chi connectivity index (χ4v) is 4.55. The van der Waals surface area contributed by atoms with Crippen molar-refractivity contribution < 1.29 is 13.6 Å². The SMILES string of the molecule is CC(C)c1c(-c2ccc(F)cc2)c2cc3c[nH]n(C4CCCCO4)c3cc2c[n+]1=O. The average molecular weight is 406 g/mol. The van der Waals surface area contributed by atoms with Crippen LogP contribution < -0.4 is 4.43 Å². The lowest BCUT2D eigenvalue weighted by molar-refractivity contribution is -0.503. The average Bonchev–Trinajstić information content (AvgIpc) is 3.15. The Hall–Kier alpha value is -2.99. The number of benzene rings is 2. The third-order valence-electron chi connectivity index (χ3n) is 5.96. The lowest BCUT2D eigenvalue weighted by Gasteiger charge is -2.24. The molecule has 1 aliphatic rings. The number of hydrogen-bond acceptors (Lipinski definition) is 2. The van der Waals surface area contributed by atoms with E-state index in [1.807, 2.05) is 26.1 Å². The summed E-state index contributed by atoms with van der Waals surface area (Å²) in [5.74, 6) is -0.268. The van der Waals surface area contributed by atoms with Gasteiger partial charge in [-0.25, -0.2) is 4.39 Å². The molecule has 1 N–H and O–H groups in total. The summed E-state index contributed by atoms with van der Waals surface area (Å²) in [5.41, 5.74) is 3.40. The van der Waals surface area contributed by atoms with Crippen LogP contribution in [0.15, 0.2) is 48.8 Å². The zero-order valence-corrected chi connectivity index (χ0v) is 17.2. The minimum atomic E-state index is -0.290. The van der Waals surface area contributed by atoms with Crippen molar-refractivity contribution in [1.82, 2.24) is 9.78 Å². The molecular formula is C24H25FN3O2+. The molecule has 4 aromatic rings. The van der Waals surface area contributed by atoms with Crippen molar-refractivity contribution in [2.75, 3.05) is 6.61 Å². The van der Waals surface area contributed by atoms with Gasteiger partial charge in [0.05, 0.1) is 20.9 Å². The van der Waals surface area contributed by atoms with Gasteiger partial charge in [-0.3, -0.25) is 4.68 Å². The molecule has 2 aromatic carbocycles. The van der Waals surface area contributed by atoms with Crippen LogP contribution in [0, 0.1) is 10.7 Å². The van der Waals surface area contributed by atoms with Gasteiger partial charge in [0.1, 0.15) is 12.0 Å². The first-order valence-corrected chi connectivity index (χ1v) is 10.5. The highest BCUT2D eigenvalue weighted by Crippen LogP contribution is 2.36. The Kier molecular flexibility index (Phi) is 4.66. The first kappa shape index (κ1) is 19.0. The van der Waals surface area contributed by atoms with Gasteiger partial charge >= 0.3 is 0 Å². The van der Waals surface area contributed by atoms with E-state index in [2.05, 4.69) is 15.8 Å². The zero-order chi connectivity index (χ0) is 20.8. The van der Waals surface area contributed by atoms with Crippen LogP contribution >= 0.6 is 0 Å². The molecule has 1 fully saturated rings. The van der Waals surface area contributed by atoms with Crippen LogP contribution in [-0.2, 0) is 4.74 Å². The normalized spacial score (nSPS) is 17.3. The zero-order valence-electron chi connectivity index (χ0n) is 17.2. The van der Waals surface area contributed by atoms with E-state index in [9.17, 15) is 9.30 Å². The maximum absolute atomic E-state index is 13.6. The molecule has 3 heterocycles. The molecule has 2 aromatic heterocycles. The van der Waals surface area contributed by atoms with Gasteiger partial charge in [0.25, 0.3) is 5.69 Å². The molecule has 154 valence electrons. The van der Waals surface area contributed by atoms with Crippen molar-refractivity contribution in [2.24, 2.45) is 0 Å². The number of ether oxygens (including phenoxy) is 1. The second-order valence-corrected chi connectivity index (χ2v) is 8.34. The van der Waals surface area contributed by atoms with Crippen molar-refractivity contribution >= 4 is 21.7 Å². The van der Waals surface area contributed by atoms with Crippen LogP contribution in [-0.4, -0.2) is 16.4 Å². The topological polar surface area (TPSA) is 52.9 Å². The predicted molar refractivity (Wildman–Crippen MR) is 115 cm³/mol. The summed E-state index contributed by atoms with van der Waals surface area (Å²) in [4.78, 5) is 13.0. The van der Waals surface area contributed by atoms with Crippen LogP contribution in [0.25, 0.3) is 32.8 Å². The van der Waals surface area contributed by atoms with Crippen molar-refractivity contribution in [3.8, 4) is 11.1 Å². The quantitative estimate of drug-likeness (QED) is 0.446. The number of pyridine rings is 1. The summed E-state index contributed by atoms with van der Waals surface area (Å²) >= 11 is 0. The van der Waals surface area contributed by atoms with Crippen molar-refractivity contribution in [3.63, 3.8) is 0 Å². The minimum Gasteiger partial charge on any atom is -0.357 e. The molecule has 5 rings (SSSR count). The second-order valence-electron chi connectivity index (χ2n) is 8.34. The van der Waals surface area contributed by atoms with E-state index in [4.69, 9.17) is 4.74 Å². The van der Waals surface area contributed by atoms with E-state index in [-0.39, 0.29) is 18.0 Å². The molecule has 30 heavy (non-hydrogen) atoms. The maximum atomic E-state index is 13.6. The highest BCUT2D eigenvalue weighted by Gasteiger charge is 2.26. The molecule has 0 spiro atoms. The molecule has 6 heteroatoms. The molecule has 1 unspecified atom stereocenters. The van der Waals surface area contributed by atoms with Gasteiger partial charge in [-0.2, -0.15) is 0 Å². The van der Waals surface area contributed by atoms with E-state index in [0.717, 1.165) is 63.1 Å². The van der Waals surface area contributed by atoms with E-state index >= 15 is 0 Å². The Morgan fingerprint density at radius 1 is 1.17 bits per heavy atom. The van der Waals surface area contributed by atoms with Crippen LogP contribution in [0.4, 0.5) is 4.39 Å². The number of hydrogen-bond donors (Lipinski definition) is 1. The fourth-order valence-electron chi connectivity index (χ4n) is 4.55. The van der Waals surface area contributed by atoms with Crippen LogP contribution in [0.2, 0.25) is 0 Å². The number of halogens is 1. The smallest absolute Gasteiger partial charge is 0.250 e. The third-order valence-corrected chi connectivity index (χ3v) is 5.96. The Morgan fingerprint density at radius 2 is 1.97 bits per heavy atom. The standard InChI is InChI=1S/C24H25FN3O2/c1-15(2)24-23(16-6-8-19(25)9-7-16)20-11-17-13-26-28(22-5-3-4-10-30-22)21(17)12-18(20)14-27(24)29/h6-9,11-15,22,26H,3-5,10H2,1-2H3/q+1. The van der Waals surface area contributed by atoms with Crippen LogP contribution in [0.1, 0.15) is 50.9 Å². The molecular weight excluding hydrogens is 381 g/mol. The van der Waals surface area contributed by atoms with Crippen molar-refractivity contribution in [2.45, 2.75) is 45.3 Å². The molecule has 0 aliphatic carbocycles. The second kappa shape index (κ2) is 7.36. The predicted octanol–water partition coefficient (Wildman–Crippen LogP) is 5.67.